The highest BCUT2D eigenvalue weighted by atomic mass is 15.4. The second-order valence-corrected chi connectivity index (χ2v) is 4.27. The third-order valence-electron chi connectivity index (χ3n) is 2.80. The summed E-state index contributed by atoms with van der Waals surface area (Å²) in [5, 5.41) is 10.4. The van der Waals surface area contributed by atoms with Gasteiger partial charge in [0.05, 0.1) is 23.9 Å². The third kappa shape index (κ3) is 2.88. The Kier molecular flexibility index (Phi) is 3.61. The first-order valence-corrected chi connectivity index (χ1v) is 5.77. The summed E-state index contributed by atoms with van der Waals surface area (Å²) in [7, 11) is 0. The minimum absolute atomic E-state index is 0.641. The van der Waals surface area contributed by atoms with Gasteiger partial charge in [0.15, 0.2) is 0 Å². The molecule has 0 aromatic heterocycles. The zero-order chi connectivity index (χ0) is 13.0. The molecule has 0 saturated carbocycles. The first-order valence-electron chi connectivity index (χ1n) is 5.77. The van der Waals surface area contributed by atoms with Crippen molar-refractivity contribution in [2.75, 3.05) is 5.01 Å². The lowest BCUT2D eigenvalue weighted by atomic mass is 10.1. The summed E-state index contributed by atoms with van der Waals surface area (Å²) < 4.78 is 0. The van der Waals surface area contributed by atoms with Gasteiger partial charge in [0, 0.05) is 0 Å². The van der Waals surface area contributed by atoms with E-state index in [1.807, 2.05) is 12.1 Å². The summed E-state index contributed by atoms with van der Waals surface area (Å²) in [5.74, 6) is 6.01. The van der Waals surface area contributed by atoms with E-state index in [2.05, 4.69) is 37.3 Å². The Hall–Kier alpha value is -2.31. The monoisotopic (exact) mass is 237 g/mol. The number of anilines is 1. The first-order chi connectivity index (χ1) is 8.69. The van der Waals surface area contributed by atoms with Crippen molar-refractivity contribution in [2.45, 2.75) is 13.5 Å². The van der Waals surface area contributed by atoms with E-state index < -0.39 is 0 Å². The highest BCUT2D eigenvalue weighted by molar-refractivity contribution is 5.48. The van der Waals surface area contributed by atoms with Crippen molar-refractivity contribution in [3.8, 4) is 6.07 Å². The maximum absolute atomic E-state index is 8.73. The normalized spacial score (nSPS) is 9.83. The van der Waals surface area contributed by atoms with Gasteiger partial charge in [-0.05, 0) is 36.8 Å². The second kappa shape index (κ2) is 5.35. The standard InChI is InChI=1S/C15H15N3/c1-12-2-4-14(5-3-12)11-18(17)15-8-6-13(10-16)7-9-15/h2-9H,11,17H2,1H3. The van der Waals surface area contributed by atoms with E-state index >= 15 is 0 Å². The maximum Gasteiger partial charge on any atom is 0.0991 e. The van der Waals surface area contributed by atoms with Crippen LogP contribution in [0.25, 0.3) is 0 Å². The van der Waals surface area contributed by atoms with Crippen molar-refractivity contribution in [3.63, 3.8) is 0 Å². The van der Waals surface area contributed by atoms with Gasteiger partial charge in [-0.2, -0.15) is 5.26 Å². The van der Waals surface area contributed by atoms with Crippen LogP contribution >= 0.6 is 0 Å². The number of hydrogen-bond acceptors (Lipinski definition) is 3. The quantitative estimate of drug-likeness (QED) is 0.659. The van der Waals surface area contributed by atoms with Crippen molar-refractivity contribution in [2.24, 2.45) is 5.84 Å². The van der Waals surface area contributed by atoms with E-state index in [1.54, 1.807) is 17.1 Å². The average molecular weight is 237 g/mol. The van der Waals surface area contributed by atoms with Crippen LogP contribution in [0, 0.1) is 18.3 Å². The van der Waals surface area contributed by atoms with E-state index in [0.717, 1.165) is 11.3 Å². The van der Waals surface area contributed by atoms with Gasteiger partial charge in [0.1, 0.15) is 0 Å². The lowest BCUT2D eigenvalue weighted by Crippen LogP contribution is -2.29. The molecule has 0 saturated heterocycles. The number of nitrogens with zero attached hydrogens (tertiary/aromatic N) is 2. The molecule has 0 fully saturated rings. The molecular formula is C15H15N3. The highest BCUT2D eigenvalue weighted by Crippen LogP contribution is 2.15. The number of aryl methyl sites for hydroxylation is 1. The van der Waals surface area contributed by atoms with Gasteiger partial charge in [-0.3, -0.25) is 0 Å². The van der Waals surface area contributed by atoms with Crippen LogP contribution in [0.5, 0.6) is 0 Å². The van der Waals surface area contributed by atoms with Crippen LogP contribution < -0.4 is 10.9 Å². The van der Waals surface area contributed by atoms with Crippen LogP contribution in [0.4, 0.5) is 5.69 Å². The Balaban J connectivity index is 2.09. The molecule has 0 heterocycles. The fraction of sp³-hybridized carbons (Fsp3) is 0.133. The molecule has 0 atom stereocenters. The maximum atomic E-state index is 8.73. The molecule has 90 valence electrons. The van der Waals surface area contributed by atoms with Gasteiger partial charge in [0.2, 0.25) is 0 Å². The second-order valence-electron chi connectivity index (χ2n) is 4.27. The third-order valence-corrected chi connectivity index (χ3v) is 2.80. The van der Waals surface area contributed by atoms with Crippen LogP contribution in [0.1, 0.15) is 16.7 Å². The van der Waals surface area contributed by atoms with Gasteiger partial charge in [-0.1, -0.05) is 29.8 Å². The molecule has 0 bridgehead atoms. The molecule has 0 spiro atoms. The van der Waals surface area contributed by atoms with E-state index in [-0.39, 0.29) is 0 Å². The molecule has 3 nitrogen and oxygen atoms in total. The molecule has 0 aliphatic rings. The Bertz CT molecular complexity index is 550. The predicted octanol–water partition coefficient (Wildman–Crippen LogP) is 2.75. The van der Waals surface area contributed by atoms with Crippen molar-refractivity contribution >= 4 is 5.69 Å². The Morgan fingerprint density at radius 1 is 1.06 bits per heavy atom. The minimum Gasteiger partial charge on any atom is -0.307 e. The molecule has 2 aromatic carbocycles. The van der Waals surface area contributed by atoms with Crippen molar-refractivity contribution in [1.82, 2.24) is 0 Å². The first kappa shape index (κ1) is 12.2. The zero-order valence-electron chi connectivity index (χ0n) is 10.3. The summed E-state index contributed by atoms with van der Waals surface area (Å²) in [6.45, 7) is 2.71. The SMILES string of the molecule is Cc1ccc(CN(N)c2ccc(C#N)cc2)cc1. The van der Waals surface area contributed by atoms with Gasteiger partial charge in [-0.15, -0.1) is 0 Å². The molecule has 0 aliphatic carbocycles. The summed E-state index contributed by atoms with van der Waals surface area (Å²) >= 11 is 0. The topological polar surface area (TPSA) is 53.0 Å². The number of benzene rings is 2. The summed E-state index contributed by atoms with van der Waals surface area (Å²) in [6.07, 6.45) is 0. The van der Waals surface area contributed by atoms with Crippen LogP contribution in [0.3, 0.4) is 0 Å². The molecule has 0 aliphatic heterocycles. The fourth-order valence-electron chi connectivity index (χ4n) is 1.71. The molecule has 3 heteroatoms. The summed E-state index contributed by atoms with van der Waals surface area (Å²) in [4.78, 5) is 0. The largest absolute Gasteiger partial charge is 0.307 e. The number of hydrazine groups is 1. The predicted molar refractivity (Wildman–Crippen MR) is 72.7 cm³/mol. The molecule has 18 heavy (non-hydrogen) atoms. The average Bonchev–Trinajstić information content (AvgIpc) is 2.41. The van der Waals surface area contributed by atoms with Gasteiger partial charge >= 0.3 is 0 Å². The molecule has 2 N–H and O–H groups in total. The number of hydrogen-bond donors (Lipinski definition) is 1. The van der Waals surface area contributed by atoms with Crippen LogP contribution in [-0.4, -0.2) is 0 Å². The van der Waals surface area contributed by atoms with Crippen LogP contribution in [0.15, 0.2) is 48.5 Å². The Morgan fingerprint density at radius 2 is 1.67 bits per heavy atom. The number of nitriles is 1. The van der Waals surface area contributed by atoms with E-state index in [1.165, 1.54) is 5.56 Å². The van der Waals surface area contributed by atoms with Crippen molar-refractivity contribution in [3.05, 3.63) is 65.2 Å². The molecule has 2 rings (SSSR count). The summed E-state index contributed by atoms with van der Waals surface area (Å²) in [6, 6.07) is 17.6. The lowest BCUT2D eigenvalue weighted by Gasteiger charge is -2.18. The van der Waals surface area contributed by atoms with Crippen molar-refractivity contribution in [1.29, 1.82) is 5.26 Å². The Labute approximate surface area is 107 Å². The lowest BCUT2D eigenvalue weighted by molar-refractivity contribution is 0.852. The zero-order valence-corrected chi connectivity index (χ0v) is 10.3. The smallest absolute Gasteiger partial charge is 0.0991 e. The van der Waals surface area contributed by atoms with Crippen LogP contribution in [0.2, 0.25) is 0 Å². The highest BCUT2D eigenvalue weighted by Gasteiger charge is 2.02. The van der Waals surface area contributed by atoms with Gasteiger partial charge in [0.25, 0.3) is 0 Å². The van der Waals surface area contributed by atoms with E-state index in [0.29, 0.717) is 12.1 Å². The van der Waals surface area contributed by atoms with Gasteiger partial charge in [-0.25, -0.2) is 5.84 Å². The molecule has 0 radical (unpaired) electrons. The van der Waals surface area contributed by atoms with Crippen LogP contribution in [-0.2, 0) is 6.54 Å². The number of nitrogens with two attached hydrogens (primary N) is 1. The number of rotatable bonds is 3. The molecular weight excluding hydrogens is 222 g/mol. The molecule has 0 amide bonds. The molecule has 0 unspecified atom stereocenters. The van der Waals surface area contributed by atoms with Crippen molar-refractivity contribution < 1.29 is 0 Å². The minimum atomic E-state index is 0.641. The Morgan fingerprint density at radius 3 is 2.22 bits per heavy atom. The fourth-order valence-corrected chi connectivity index (χ4v) is 1.71. The summed E-state index contributed by atoms with van der Waals surface area (Å²) in [5.41, 5.74) is 3.94. The van der Waals surface area contributed by atoms with E-state index in [4.69, 9.17) is 11.1 Å². The van der Waals surface area contributed by atoms with Gasteiger partial charge < -0.3 is 5.01 Å². The molecule has 2 aromatic rings. The van der Waals surface area contributed by atoms with E-state index in [9.17, 15) is 0 Å².